The van der Waals surface area contributed by atoms with Gasteiger partial charge in [-0.3, -0.25) is 0 Å². The lowest BCUT2D eigenvalue weighted by Crippen LogP contribution is -2.01. The van der Waals surface area contributed by atoms with Crippen molar-refractivity contribution in [1.29, 1.82) is 0 Å². The lowest BCUT2D eigenvalue weighted by atomic mass is 10.1. The molecule has 0 saturated heterocycles. The summed E-state index contributed by atoms with van der Waals surface area (Å²) in [6.07, 6.45) is 8.83. The fourth-order valence-electron chi connectivity index (χ4n) is 2.86. The third-order valence-corrected chi connectivity index (χ3v) is 4.09. The Bertz CT molecular complexity index is 1040. The molecule has 0 aliphatic heterocycles. The Morgan fingerprint density at radius 1 is 1.04 bits per heavy atom. The molecule has 0 atom stereocenters. The number of aromatic carboxylic acids is 1. The maximum atomic E-state index is 11.0. The molecule has 4 rings (SSSR count). The van der Waals surface area contributed by atoms with Gasteiger partial charge in [0.05, 0.1) is 5.56 Å². The van der Waals surface area contributed by atoms with Gasteiger partial charge in [0.15, 0.2) is 0 Å². The van der Waals surface area contributed by atoms with E-state index in [2.05, 4.69) is 15.0 Å². The van der Waals surface area contributed by atoms with E-state index in [4.69, 9.17) is 5.11 Å². The molecule has 0 bridgehead atoms. The number of aromatic nitrogens is 4. The third kappa shape index (κ3) is 2.85. The largest absolute Gasteiger partial charge is 0.478 e. The molecule has 1 aromatic carbocycles. The number of pyridine rings is 1. The van der Waals surface area contributed by atoms with E-state index >= 15 is 0 Å². The highest BCUT2D eigenvalue weighted by atomic mass is 16.4. The maximum absolute atomic E-state index is 11.0. The van der Waals surface area contributed by atoms with Gasteiger partial charge < -0.3 is 9.67 Å². The molecule has 3 heterocycles. The summed E-state index contributed by atoms with van der Waals surface area (Å²) in [4.78, 5) is 23.6. The number of rotatable bonds is 4. The first kappa shape index (κ1) is 15.0. The van der Waals surface area contributed by atoms with E-state index in [0.29, 0.717) is 6.54 Å². The zero-order valence-corrected chi connectivity index (χ0v) is 13.2. The van der Waals surface area contributed by atoms with Crippen LogP contribution in [0.1, 0.15) is 15.9 Å². The molecule has 0 unspecified atom stereocenters. The molecule has 6 heteroatoms. The standard InChI is InChI=1S/C19H14N4O2/c24-19(25)14-3-1-13(2-4-14)11-23-8-6-17-16(5-7-22-18(17)23)15-9-20-12-21-10-15/h1-10,12H,11H2,(H,24,25). The summed E-state index contributed by atoms with van der Waals surface area (Å²) in [6, 6.07) is 10.9. The Balaban J connectivity index is 1.71. The van der Waals surface area contributed by atoms with Crippen LogP contribution in [-0.4, -0.2) is 30.6 Å². The highest BCUT2D eigenvalue weighted by molar-refractivity contribution is 5.93. The van der Waals surface area contributed by atoms with Gasteiger partial charge in [0.25, 0.3) is 0 Å². The van der Waals surface area contributed by atoms with Gasteiger partial charge in [-0.25, -0.2) is 19.7 Å². The molecule has 0 fully saturated rings. The second-order valence-electron chi connectivity index (χ2n) is 5.67. The first-order valence-corrected chi connectivity index (χ1v) is 7.74. The van der Waals surface area contributed by atoms with E-state index in [0.717, 1.165) is 27.7 Å². The van der Waals surface area contributed by atoms with Gasteiger partial charge in [-0.15, -0.1) is 0 Å². The molecule has 4 aromatic rings. The van der Waals surface area contributed by atoms with Crippen LogP contribution in [0.5, 0.6) is 0 Å². The van der Waals surface area contributed by atoms with Crippen molar-refractivity contribution in [3.8, 4) is 11.1 Å². The van der Waals surface area contributed by atoms with Gasteiger partial charge >= 0.3 is 5.97 Å². The number of nitrogens with zero attached hydrogens (tertiary/aromatic N) is 4. The fraction of sp³-hybridized carbons (Fsp3) is 0.0526. The van der Waals surface area contributed by atoms with Crippen LogP contribution in [0.25, 0.3) is 22.2 Å². The number of benzene rings is 1. The van der Waals surface area contributed by atoms with Crippen LogP contribution < -0.4 is 0 Å². The van der Waals surface area contributed by atoms with Gasteiger partial charge in [0.1, 0.15) is 12.0 Å². The summed E-state index contributed by atoms with van der Waals surface area (Å²) in [6.45, 7) is 0.616. The van der Waals surface area contributed by atoms with Crippen molar-refractivity contribution < 1.29 is 9.90 Å². The van der Waals surface area contributed by atoms with E-state index in [9.17, 15) is 4.79 Å². The number of fused-ring (bicyclic) bond motifs is 1. The normalized spacial score (nSPS) is 10.9. The number of carboxylic acids is 1. The van der Waals surface area contributed by atoms with Crippen LogP contribution in [0, 0.1) is 0 Å². The van der Waals surface area contributed by atoms with Gasteiger partial charge in [0, 0.05) is 42.3 Å². The molecule has 0 radical (unpaired) electrons. The molecule has 0 amide bonds. The van der Waals surface area contributed by atoms with E-state index in [1.165, 1.54) is 6.33 Å². The first-order chi connectivity index (χ1) is 12.2. The lowest BCUT2D eigenvalue weighted by molar-refractivity contribution is 0.0697. The Morgan fingerprint density at radius 2 is 1.80 bits per heavy atom. The van der Waals surface area contributed by atoms with Gasteiger partial charge in [-0.2, -0.15) is 0 Å². The SMILES string of the molecule is O=C(O)c1ccc(Cn2ccc3c(-c4cncnc4)ccnc32)cc1. The van der Waals surface area contributed by atoms with E-state index in [1.807, 2.05) is 35.0 Å². The predicted molar refractivity (Wildman–Crippen MR) is 93.3 cm³/mol. The third-order valence-electron chi connectivity index (χ3n) is 4.09. The molecule has 0 saturated carbocycles. The Morgan fingerprint density at radius 3 is 2.52 bits per heavy atom. The van der Waals surface area contributed by atoms with E-state index in [1.54, 1.807) is 30.7 Å². The summed E-state index contributed by atoms with van der Waals surface area (Å²) >= 11 is 0. The average Bonchev–Trinajstić information content (AvgIpc) is 3.06. The second kappa shape index (κ2) is 6.16. The van der Waals surface area contributed by atoms with E-state index < -0.39 is 5.97 Å². The van der Waals surface area contributed by atoms with Gasteiger partial charge in [-0.05, 0) is 35.4 Å². The van der Waals surface area contributed by atoms with Crippen LogP contribution in [0.15, 0.2) is 67.5 Å². The average molecular weight is 330 g/mol. The van der Waals surface area contributed by atoms with Crippen molar-refractivity contribution in [2.45, 2.75) is 6.54 Å². The summed E-state index contributed by atoms with van der Waals surface area (Å²) in [7, 11) is 0. The van der Waals surface area contributed by atoms with Crippen molar-refractivity contribution in [3.63, 3.8) is 0 Å². The van der Waals surface area contributed by atoms with Crippen LogP contribution in [0.4, 0.5) is 0 Å². The summed E-state index contributed by atoms with van der Waals surface area (Å²) in [5.41, 5.74) is 4.14. The summed E-state index contributed by atoms with van der Waals surface area (Å²) < 4.78 is 2.04. The van der Waals surface area contributed by atoms with Crippen molar-refractivity contribution in [2.75, 3.05) is 0 Å². The van der Waals surface area contributed by atoms with Gasteiger partial charge in [-0.1, -0.05) is 12.1 Å². The molecule has 6 nitrogen and oxygen atoms in total. The maximum Gasteiger partial charge on any atom is 0.335 e. The minimum absolute atomic E-state index is 0.283. The van der Waals surface area contributed by atoms with E-state index in [-0.39, 0.29) is 5.56 Å². The zero-order valence-electron chi connectivity index (χ0n) is 13.2. The topological polar surface area (TPSA) is 80.9 Å². The fourth-order valence-corrected chi connectivity index (χ4v) is 2.86. The Hall–Kier alpha value is -3.54. The first-order valence-electron chi connectivity index (χ1n) is 7.74. The smallest absolute Gasteiger partial charge is 0.335 e. The zero-order chi connectivity index (χ0) is 17.2. The van der Waals surface area contributed by atoms with Crippen LogP contribution >= 0.6 is 0 Å². The summed E-state index contributed by atoms with van der Waals surface area (Å²) in [5, 5.41) is 10.0. The molecular formula is C19H14N4O2. The number of hydrogen-bond acceptors (Lipinski definition) is 4. The highest BCUT2D eigenvalue weighted by Gasteiger charge is 2.10. The molecule has 122 valence electrons. The second-order valence-corrected chi connectivity index (χ2v) is 5.67. The Kier molecular flexibility index (Phi) is 3.70. The minimum Gasteiger partial charge on any atom is -0.478 e. The van der Waals surface area contributed by atoms with Crippen LogP contribution in [-0.2, 0) is 6.54 Å². The minimum atomic E-state index is -0.922. The van der Waals surface area contributed by atoms with Gasteiger partial charge in [0.2, 0.25) is 0 Å². The summed E-state index contributed by atoms with van der Waals surface area (Å²) in [5.74, 6) is -0.922. The molecule has 25 heavy (non-hydrogen) atoms. The van der Waals surface area contributed by atoms with Crippen molar-refractivity contribution in [3.05, 3.63) is 78.6 Å². The van der Waals surface area contributed by atoms with Crippen LogP contribution in [0.2, 0.25) is 0 Å². The number of carbonyl (C=O) groups is 1. The van der Waals surface area contributed by atoms with Crippen molar-refractivity contribution >= 4 is 17.0 Å². The predicted octanol–water partition coefficient (Wildman–Crippen LogP) is 3.24. The number of carboxylic acid groups (broad SMARTS) is 1. The van der Waals surface area contributed by atoms with Crippen LogP contribution in [0.3, 0.4) is 0 Å². The molecule has 1 N–H and O–H groups in total. The molecule has 0 spiro atoms. The quantitative estimate of drug-likeness (QED) is 0.621. The molecule has 0 aliphatic carbocycles. The van der Waals surface area contributed by atoms with Crippen molar-refractivity contribution in [2.24, 2.45) is 0 Å². The molecular weight excluding hydrogens is 316 g/mol. The lowest BCUT2D eigenvalue weighted by Gasteiger charge is -2.07. The number of hydrogen-bond donors (Lipinski definition) is 1. The van der Waals surface area contributed by atoms with Crippen molar-refractivity contribution in [1.82, 2.24) is 19.5 Å². The monoisotopic (exact) mass is 330 g/mol. The Labute approximate surface area is 143 Å². The molecule has 0 aliphatic rings. The highest BCUT2D eigenvalue weighted by Crippen LogP contribution is 2.27. The molecule has 3 aromatic heterocycles.